The Morgan fingerprint density at radius 3 is 2.50 bits per heavy atom. The normalized spacial score (nSPS) is 16.2. The summed E-state index contributed by atoms with van der Waals surface area (Å²) in [5.74, 6) is 1.05. The number of aryl methyl sites for hydroxylation is 1. The summed E-state index contributed by atoms with van der Waals surface area (Å²) in [7, 11) is 1.61. The number of likely N-dealkylation sites (tertiary alicyclic amines) is 1. The number of aliphatic hydroxyl groups excluding tert-OH is 1. The van der Waals surface area contributed by atoms with Gasteiger partial charge in [-0.05, 0) is 73.8 Å². The molecule has 0 aliphatic carbocycles. The topological polar surface area (TPSA) is 54.0 Å². The Morgan fingerprint density at radius 2 is 1.75 bits per heavy atom. The van der Waals surface area contributed by atoms with Crippen LogP contribution in [0.4, 0.5) is 4.39 Å². The fourth-order valence-electron chi connectivity index (χ4n) is 4.15. The van der Waals surface area contributed by atoms with Gasteiger partial charge in [0.2, 0.25) is 0 Å². The molecule has 0 bridgehead atoms. The summed E-state index contributed by atoms with van der Waals surface area (Å²) in [6.07, 6.45) is 5.74. The van der Waals surface area contributed by atoms with Crippen LogP contribution in [-0.2, 0) is 13.1 Å². The average molecular weight is 445 g/mol. The summed E-state index contributed by atoms with van der Waals surface area (Å²) < 4.78 is 24.9. The highest BCUT2D eigenvalue weighted by molar-refractivity contribution is 5.43. The van der Waals surface area contributed by atoms with Gasteiger partial charge in [-0.2, -0.15) is 0 Å². The lowest BCUT2D eigenvalue weighted by atomic mass is 10.1. The van der Waals surface area contributed by atoms with Crippen molar-refractivity contribution in [2.75, 3.05) is 33.4 Å². The smallest absolute Gasteiger partial charge is 0.161 e. The van der Waals surface area contributed by atoms with Crippen LogP contribution in [0.25, 0.3) is 0 Å². The van der Waals surface area contributed by atoms with Gasteiger partial charge in [0, 0.05) is 19.6 Å². The highest BCUT2D eigenvalue weighted by Gasteiger charge is 2.15. The van der Waals surface area contributed by atoms with Crippen LogP contribution in [-0.4, -0.2) is 49.5 Å². The second kappa shape index (κ2) is 12.8. The molecule has 0 amide bonds. The van der Waals surface area contributed by atoms with Gasteiger partial charge in [-0.3, -0.25) is 0 Å². The predicted octanol–water partition coefficient (Wildman–Crippen LogP) is 4.44. The molecule has 1 aliphatic rings. The van der Waals surface area contributed by atoms with Gasteiger partial charge >= 0.3 is 0 Å². The Labute approximate surface area is 191 Å². The number of aliphatic hydroxyl groups is 1. The quantitative estimate of drug-likeness (QED) is 0.568. The molecular weight excluding hydrogens is 407 g/mol. The van der Waals surface area contributed by atoms with Crippen LogP contribution in [0.5, 0.6) is 11.5 Å². The third-order valence-electron chi connectivity index (χ3n) is 6.03. The van der Waals surface area contributed by atoms with E-state index in [0.29, 0.717) is 31.1 Å². The first-order chi connectivity index (χ1) is 15.5. The number of hydrogen-bond donors (Lipinski definition) is 2. The van der Waals surface area contributed by atoms with E-state index in [1.165, 1.54) is 38.2 Å². The fourth-order valence-corrected chi connectivity index (χ4v) is 4.15. The van der Waals surface area contributed by atoms with Gasteiger partial charge in [0.05, 0.1) is 7.11 Å². The van der Waals surface area contributed by atoms with Gasteiger partial charge in [-0.25, -0.2) is 4.39 Å². The second-order valence-corrected chi connectivity index (χ2v) is 8.69. The predicted molar refractivity (Wildman–Crippen MR) is 126 cm³/mol. The van der Waals surface area contributed by atoms with E-state index in [-0.39, 0.29) is 12.4 Å². The summed E-state index contributed by atoms with van der Waals surface area (Å²) >= 11 is 0. The van der Waals surface area contributed by atoms with Crippen LogP contribution in [0.3, 0.4) is 0 Å². The molecule has 32 heavy (non-hydrogen) atoms. The van der Waals surface area contributed by atoms with Crippen molar-refractivity contribution in [1.29, 1.82) is 0 Å². The van der Waals surface area contributed by atoms with Gasteiger partial charge in [-0.1, -0.05) is 31.4 Å². The summed E-state index contributed by atoms with van der Waals surface area (Å²) in [4.78, 5) is 2.35. The SMILES string of the molecule is COc1ccc(CNCc2cc(F)ccc2C)cc1OCC(O)CN1CCCCCCC1. The minimum absolute atomic E-state index is 0.221. The summed E-state index contributed by atoms with van der Waals surface area (Å²) in [5.41, 5.74) is 3.04. The fraction of sp³-hybridized carbons (Fsp3) is 0.538. The van der Waals surface area contributed by atoms with E-state index in [0.717, 1.165) is 29.8 Å². The van der Waals surface area contributed by atoms with Crippen LogP contribution in [0.1, 0.15) is 48.8 Å². The molecule has 1 unspecified atom stereocenters. The van der Waals surface area contributed by atoms with Gasteiger partial charge in [0.25, 0.3) is 0 Å². The summed E-state index contributed by atoms with van der Waals surface area (Å²) in [5, 5.41) is 13.9. The lowest BCUT2D eigenvalue weighted by Crippen LogP contribution is -2.37. The minimum Gasteiger partial charge on any atom is -0.493 e. The molecule has 1 aliphatic heterocycles. The molecule has 0 spiro atoms. The van der Waals surface area contributed by atoms with Crippen LogP contribution in [0.15, 0.2) is 36.4 Å². The van der Waals surface area contributed by atoms with E-state index in [4.69, 9.17) is 9.47 Å². The molecule has 1 fully saturated rings. The van der Waals surface area contributed by atoms with E-state index >= 15 is 0 Å². The van der Waals surface area contributed by atoms with Crippen molar-refractivity contribution in [3.05, 3.63) is 58.9 Å². The number of nitrogens with one attached hydrogen (secondary N) is 1. The number of halogens is 1. The molecule has 1 saturated heterocycles. The molecule has 2 aromatic rings. The molecule has 2 aromatic carbocycles. The third kappa shape index (κ3) is 7.76. The van der Waals surface area contributed by atoms with Crippen molar-refractivity contribution in [3.8, 4) is 11.5 Å². The average Bonchev–Trinajstić information content (AvgIpc) is 2.76. The zero-order valence-electron chi connectivity index (χ0n) is 19.4. The van der Waals surface area contributed by atoms with E-state index in [2.05, 4.69) is 10.2 Å². The van der Waals surface area contributed by atoms with Crippen LogP contribution in [0.2, 0.25) is 0 Å². The Morgan fingerprint density at radius 1 is 1.00 bits per heavy atom. The first-order valence-corrected chi connectivity index (χ1v) is 11.7. The molecule has 0 radical (unpaired) electrons. The Bertz CT molecular complexity index is 838. The Balaban J connectivity index is 1.51. The van der Waals surface area contributed by atoms with Gasteiger partial charge in [-0.15, -0.1) is 0 Å². The monoisotopic (exact) mass is 444 g/mol. The number of methoxy groups -OCH3 is 1. The minimum atomic E-state index is -0.545. The zero-order valence-corrected chi connectivity index (χ0v) is 19.4. The third-order valence-corrected chi connectivity index (χ3v) is 6.03. The lowest BCUT2D eigenvalue weighted by Gasteiger charge is -2.26. The molecule has 0 aromatic heterocycles. The first-order valence-electron chi connectivity index (χ1n) is 11.7. The van der Waals surface area contributed by atoms with Gasteiger partial charge in [0.1, 0.15) is 18.5 Å². The molecule has 6 heteroatoms. The molecule has 1 atom stereocenters. The molecular formula is C26H37FN2O3. The molecule has 5 nitrogen and oxygen atoms in total. The lowest BCUT2D eigenvalue weighted by molar-refractivity contribution is 0.0644. The van der Waals surface area contributed by atoms with Gasteiger partial charge in [0.15, 0.2) is 11.5 Å². The number of β-amino-alcohol motifs (C(OH)–C–C–N with tert-alkyl or cyclic N) is 1. The van der Waals surface area contributed by atoms with Crippen molar-refractivity contribution in [2.24, 2.45) is 0 Å². The van der Waals surface area contributed by atoms with Crippen molar-refractivity contribution >= 4 is 0 Å². The summed E-state index contributed by atoms with van der Waals surface area (Å²) in [6, 6.07) is 10.6. The molecule has 2 N–H and O–H groups in total. The molecule has 176 valence electrons. The van der Waals surface area contributed by atoms with Crippen molar-refractivity contribution < 1.29 is 19.0 Å². The van der Waals surface area contributed by atoms with Crippen LogP contribution < -0.4 is 14.8 Å². The maximum atomic E-state index is 13.5. The van der Waals surface area contributed by atoms with E-state index in [1.807, 2.05) is 25.1 Å². The van der Waals surface area contributed by atoms with Gasteiger partial charge < -0.3 is 24.8 Å². The Hall–Kier alpha value is -2.15. The molecule has 0 saturated carbocycles. The first kappa shape index (κ1) is 24.5. The highest BCUT2D eigenvalue weighted by Crippen LogP contribution is 2.28. The zero-order chi connectivity index (χ0) is 22.8. The van der Waals surface area contributed by atoms with Crippen LogP contribution >= 0.6 is 0 Å². The molecule has 1 heterocycles. The maximum Gasteiger partial charge on any atom is 0.161 e. The largest absolute Gasteiger partial charge is 0.493 e. The number of ether oxygens (including phenoxy) is 2. The van der Waals surface area contributed by atoms with E-state index in [1.54, 1.807) is 19.2 Å². The van der Waals surface area contributed by atoms with Crippen molar-refractivity contribution in [3.63, 3.8) is 0 Å². The Kier molecular flexibility index (Phi) is 9.78. The second-order valence-electron chi connectivity index (χ2n) is 8.69. The number of hydrogen-bond acceptors (Lipinski definition) is 5. The standard InChI is InChI=1S/C26H37FN2O3/c1-20-8-10-23(27)15-22(20)17-28-16-21-9-11-25(31-2)26(14-21)32-19-24(30)18-29-12-6-4-3-5-7-13-29/h8-11,14-15,24,28,30H,3-7,12-13,16-19H2,1-2H3. The van der Waals surface area contributed by atoms with E-state index in [9.17, 15) is 9.50 Å². The highest BCUT2D eigenvalue weighted by atomic mass is 19.1. The number of benzene rings is 2. The molecule has 3 rings (SSSR count). The van der Waals surface area contributed by atoms with Crippen molar-refractivity contribution in [1.82, 2.24) is 10.2 Å². The summed E-state index contributed by atoms with van der Waals surface area (Å²) in [6.45, 7) is 6.14. The number of nitrogens with zero attached hydrogens (tertiary/aromatic N) is 1. The van der Waals surface area contributed by atoms with Crippen molar-refractivity contribution in [2.45, 2.75) is 58.2 Å². The van der Waals surface area contributed by atoms with Crippen LogP contribution in [0, 0.1) is 12.7 Å². The number of rotatable bonds is 10. The van der Waals surface area contributed by atoms with E-state index < -0.39 is 6.10 Å². The maximum absolute atomic E-state index is 13.5.